The van der Waals surface area contributed by atoms with Crippen LogP contribution in [0.3, 0.4) is 0 Å². The summed E-state index contributed by atoms with van der Waals surface area (Å²) in [7, 11) is -2.52. The number of methoxy groups -OCH3 is 1. The van der Waals surface area contributed by atoms with Crippen LogP contribution in [0.15, 0.2) is 82.8 Å². The minimum Gasteiger partial charge on any atom is -0.497 e. The maximum absolute atomic E-state index is 13.2. The molecule has 1 N–H and O–H groups in total. The van der Waals surface area contributed by atoms with E-state index < -0.39 is 22.5 Å². The summed E-state index contributed by atoms with van der Waals surface area (Å²) in [5.41, 5.74) is 3.04. The van der Waals surface area contributed by atoms with Gasteiger partial charge in [0.15, 0.2) is 0 Å². The first-order chi connectivity index (χ1) is 15.3. The molecule has 32 heavy (non-hydrogen) atoms. The van der Waals surface area contributed by atoms with Crippen LogP contribution in [0.2, 0.25) is 10.0 Å². The van der Waals surface area contributed by atoms with Crippen LogP contribution in [0.4, 0.5) is 5.69 Å². The molecule has 0 heterocycles. The first-order valence-electron chi connectivity index (χ1n) is 9.30. The highest BCUT2D eigenvalue weighted by Gasteiger charge is 2.27. The summed E-state index contributed by atoms with van der Waals surface area (Å²) in [5.74, 6) is -0.101. The van der Waals surface area contributed by atoms with Crippen molar-refractivity contribution in [3.63, 3.8) is 0 Å². The lowest BCUT2D eigenvalue weighted by molar-refractivity contribution is -0.119. The zero-order valence-corrected chi connectivity index (χ0v) is 19.2. The predicted octanol–water partition coefficient (Wildman–Crippen LogP) is 4.35. The van der Waals surface area contributed by atoms with Crippen LogP contribution in [0, 0.1) is 0 Å². The highest BCUT2D eigenvalue weighted by atomic mass is 35.5. The molecule has 1 amide bonds. The van der Waals surface area contributed by atoms with Crippen molar-refractivity contribution in [1.82, 2.24) is 5.43 Å². The fraction of sp³-hybridized carbons (Fsp3) is 0.0909. The zero-order chi connectivity index (χ0) is 23.1. The second-order valence-electron chi connectivity index (χ2n) is 6.45. The van der Waals surface area contributed by atoms with Gasteiger partial charge in [-0.1, -0.05) is 47.5 Å². The van der Waals surface area contributed by atoms with E-state index in [0.717, 1.165) is 4.31 Å². The molecule has 0 aromatic heterocycles. The average molecular weight is 492 g/mol. The largest absolute Gasteiger partial charge is 0.497 e. The molecule has 0 fully saturated rings. The van der Waals surface area contributed by atoms with Crippen molar-refractivity contribution < 1.29 is 17.9 Å². The monoisotopic (exact) mass is 491 g/mol. The molecule has 0 aliphatic carbocycles. The molecule has 7 nitrogen and oxygen atoms in total. The topological polar surface area (TPSA) is 88.1 Å². The number of carbonyl (C=O) groups is 1. The van der Waals surface area contributed by atoms with E-state index in [-0.39, 0.29) is 4.90 Å². The molecule has 3 aromatic rings. The van der Waals surface area contributed by atoms with Gasteiger partial charge in [-0.2, -0.15) is 5.10 Å². The van der Waals surface area contributed by atoms with Gasteiger partial charge < -0.3 is 4.74 Å². The van der Waals surface area contributed by atoms with E-state index in [4.69, 9.17) is 27.9 Å². The standard InChI is InChI=1S/C22H19Cl2N3O4S/c1-31-17-12-10-16(11-13-17)27(32(29,30)18-6-3-2-4-7-18)15-22(28)26-25-14-19-20(23)8-5-9-21(19)24/h2-14H,15H2,1H3,(H,26,28). The van der Waals surface area contributed by atoms with Gasteiger partial charge in [-0.3, -0.25) is 9.10 Å². The molecule has 0 saturated carbocycles. The quantitative estimate of drug-likeness (QED) is 0.374. The highest BCUT2D eigenvalue weighted by molar-refractivity contribution is 7.92. The SMILES string of the molecule is COc1ccc(N(CC(=O)NN=Cc2c(Cl)cccc2Cl)S(=O)(=O)c2ccccc2)cc1. The van der Waals surface area contributed by atoms with Crippen molar-refractivity contribution in [2.75, 3.05) is 18.0 Å². The number of hydrogen-bond acceptors (Lipinski definition) is 5. The number of nitrogens with one attached hydrogen (secondary N) is 1. The van der Waals surface area contributed by atoms with E-state index in [1.165, 1.54) is 25.5 Å². The van der Waals surface area contributed by atoms with E-state index in [1.54, 1.807) is 60.7 Å². The van der Waals surface area contributed by atoms with Crippen molar-refractivity contribution in [3.8, 4) is 5.75 Å². The van der Waals surface area contributed by atoms with Crippen LogP contribution in [-0.4, -0.2) is 34.2 Å². The summed E-state index contributed by atoms with van der Waals surface area (Å²) in [6.45, 7) is -0.503. The third-order valence-corrected chi connectivity index (χ3v) is 6.81. The second kappa shape index (κ2) is 10.5. The number of halogens is 2. The van der Waals surface area contributed by atoms with Crippen LogP contribution in [0.5, 0.6) is 5.75 Å². The van der Waals surface area contributed by atoms with Crippen molar-refractivity contribution in [2.24, 2.45) is 5.10 Å². The van der Waals surface area contributed by atoms with Gasteiger partial charge in [-0.15, -0.1) is 0 Å². The Kier molecular flexibility index (Phi) is 7.74. The Bertz CT molecular complexity index is 1200. The van der Waals surface area contributed by atoms with Crippen LogP contribution < -0.4 is 14.5 Å². The molecular formula is C22H19Cl2N3O4S. The summed E-state index contributed by atoms with van der Waals surface area (Å²) in [6, 6.07) is 19.1. The minimum absolute atomic E-state index is 0.0509. The number of carbonyl (C=O) groups excluding carboxylic acids is 1. The first-order valence-corrected chi connectivity index (χ1v) is 11.5. The Hall–Kier alpha value is -3.07. The molecule has 0 radical (unpaired) electrons. The van der Waals surface area contributed by atoms with Gasteiger partial charge in [0, 0.05) is 5.56 Å². The summed E-state index contributed by atoms with van der Waals surface area (Å²) in [4.78, 5) is 12.6. The van der Waals surface area contributed by atoms with Gasteiger partial charge in [-0.05, 0) is 48.5 Å². The molecule has 166 valence electrons. The van der Waals surface area contributed by atoms with Gasteiger partial charge in [0.2, 0.25) is 0 Å². The molecule has 0 spiro atoms. The lowest BCUT2D eigenvalue weighted by Crippen LogP contribution is -2.39. The van der Waals surface area contributed by atoms with Gasteiger partial charge in [0.05, 0.1) is 34.0 Å². The fourth-order valence-corrected chi connectivity index (χ4v) is 4.69. The number of nitrogens with zero attached hydrogens (tertiary/aromatic N) is 2. The summed E-state index contributed by atoms with van der Waals surface area (Å²) < 4.78 is 32.6. The van der Waals surface area contributed by atoms with Crippen LogP contribution >= 0.6 is 23.2 Å². The predicted molar refractivity (Wildman–Crippen MR) is 126 cm³/mol. The van der Waals surface area contributed by atoms with Crippen molar-refractivity contribution in [3.05, 3.63) is 88.4 Å². The number of anilines is 1. The second-order valence-corrected chi connectivity index (χ2v) is 9.13. The summed E-state index contributed by atoms with van der Waals surface area (Å²) in [5, 5.41) is 4.58. The van der Waals surface area contributed by atoms with E-state index in [0.29, 0.717) is 27.0 Å². The average Bonchev–Trinajstić information content (AvgIpc) is 2.80. The number of ether oxygens (including phenoxy) is 1. The zero-order valence-electron chi connectivity index (χ0n) is 16.9. The molecule has 0 aliphatic rings. The normalized spacial score (nSPS) is 11.3. The lowest BCUT2D eigenvalue weighted by Gasteiger charge is -2.23. The van der Waals surface area contributed by atoms with Crippen molar-refractivity contribution >= 4 is 51.0 Å². The smallest absolute Gasteiger partial charge is 0.264 e. The van der Waals surface area contributed by atoms with Gasteiger partial charge in [-0.25, -0.2) is 13.8 Å². The fourth-order valence-electron chi connectivity index (χ4n) is 2.75. The Balaban J connectivity index is 1.85. The molecule has 0 saturated heterocycles. The minimum atomic E-state index is -4.02. The first kappa shape index (κ1) is 23.6. The van der Waals surface area contributed by atoms with Gasteiger partial charge in [0.1, 0.15) is 12.3 Å². The van der Waals surface area contributed by atoms with Crippen LogP contribution in [0.1, 0.15) is 5.56 Å². The molecule has 0 aliphatic heterocycles. The van der Waals surface area contributed by atoms with Crippen molar-refractivity contribution in [2.45, 2.75) is 4.90 Å². The molecule has 3 aromatic carbocycles. The Labute approximate surface area is 196 Å². The Morgan fingerprint density at radius 1 is 1.00 bits per heavy atom. The van der Waals surface area contributed by atoms with Crippen molar-refractivity contribution in [1.29, 1.82) is 0 Å². The number of amides is 1. The number of hydrazone groups is 1. The van der Waals surface area contributed by atoms with E-state index in [1.807, 2.05) is 0 Å². The maximum Gasteiger partial charge on any atom is 0.264 e. The number of benzene rings is 3. The Morgan fingerprint density at radius 3 is 2.22 bits per heavy atom. The molecule has 0 atom stereocenters. The van der Waals surface area contributed by atoms with E-state index in [9.17, 15) is 13.2 Å². The van der Waals surface area contributed by atoms with Crippen LogP contribution in [0.25, 0.3) is 0 Å². The molecule has 0 bridgehead atoms. The Morgan fingerprint density at radius 2 is 1.62 bits per heavy atom. The third-order valence-electron chi connectivity index (χ3n) is 4.36. The molecule has 10 heteroatoms. The van der Waals surface area contributed by atoms with Gasteiger partial charge >= 0.3 is 0 Å². The molecular weight excluding hydrogens is 473 g/mol. The number of hydrogen-bond donors (Lipinski definition) is 1. The third kappa shape index (κ3) is 5.59. The maximum atomic E-state index is 13.2. The lowest BCUT2D eigenvalue weighted by atomic mass is 10.2. The van der Waals surface area contributed by atoms with Gasteiger partial charge in [0.25, 0.3) is 15.9 Å². The number of rotatable bonds is 8. The number of sulfonamides is 1. The molecule has 3 rings (SSSR count). The summed E-state index contributed by atoms with van der Waals surface area (Å²) in [6.07, 6.45) is 1.30. The van der Waals surface area contributed by atoms with E-state index >= 15 is 0 Å². The van der Waals surface area contributed by atoms with Crippen LogP contribution in [-0.2, 0) is 14.8 Å². The highest BCUT2D eigenvalue weighted by Crippen LogP contribution is 2.26. The summed E-state index contributed by atoms with van der Waals surface area (Å²) >= 11 is 12.2. The van der Waals surface area contributed by atoms with E-state index in [2.05, 4.69) is 10.5 Å². The molecule has 0 unspecified atom stereocenters.